The van der Waals surface area contributed by atoms with Gasteiger partial charge in [0.05, 0.1) is 15.7 Å². The molecular formula is C31H39F2N5O3S. The first-order chi connectivity index (χ1) is 20.0. The largest absolute Gasteiger partial charge is 0.324 e. The van der Waals surface area contributed by atoms with Crippen molar-refractivity contribution in [2.24, 2.45) is 5.41 Å². The summed E-state index contributed by atoms with van der Waals surface area (Å²) >= 11 is 0. The lowest BCUT2D eigenvalue weighted by Crippen LogP contribution is -2.52. The fourth-order valence-corrected chi connectivity index (χ4v) is 9.30. The van der Waals surface area contributed by atoms with Gasteiger partial charge in [0.15, 0.2) is 9.84 Å². The van der Waals surface area contributed by atoms with Gasteiger partial charge >= 0.3 is 0 Å². The van der Waals surface area contributed by atoms with Crippen molar-refractivity contribution in [2.45, 2.75) is 101 Å². The third-order valence-corrected chi connectivity index (χ3v) is 12.0. The second kappa shape index (κ2) is 11.0. The highest BCUT2D eigenvalue weighted by atomic mass is 32.2. The van der Waals surface area contributed by atoms with Crippen molar-refractivity contribution in [1.82, 2.24) is 19.4 Å². The van der Waals surface area contributed by atoms with E-state index in [1.807, 2.05) is 6.92 Å². The van der Waals surface area contributed by atoms with Gasteiger partial charge in [0, 0.05) is 29.4 Å². The summed E-state index contributed by atoms with van der Waals surface area (Å²) in [5, 5.41) is 3.18. The van der Waals surface area contributed by atoms with Crippen molar-refractivity contribution in [3.63, 3.8) is 0 Å². The molecule has 3 heterocycles. The lowest BCUT2D eigenvalue weighted by molar-refractivity contribution is 0.0246. The Balaban J connectivity index is 1.21. The molecule has 1 aliphatic heterocycles. The van der Waals surface area contributed by atoms with Crippen LogP contribution in [0.5, 0.6) is 0 Å². The molecule has 8 nitrogen and oxygen atoms in total. The fourth-order valence-electron chi connectivity index (χ4n) is 7.17. The van der Waals surface area contributed by atoms with Gasteiger partial charge in [-0.2, -0.15) is 4.98 Å². The summed E-state index contributed by atoms with van der Waals surface area (Å²) in [5.74, 6) is 0.214. The van der Waals surface area contributed by atoms with E-state index in [9.17, 15) is 22.0 Å². The van der Waals surface area contributed by atoms with Gasteiger partial charge in [-0.3, -0.25) is 9.36 Å². The number of benzene rings is 1. The van der Waals surface area contributed by atoms with E-state index in [-0.39, 0.29) is 22.7 Å². The number of nitrogens with zero attached hydrogens (tertiary/aromatic N) is 4. The Labute approximate surface area is 245 Å². The smallest absolute Gasteiger partial charge is 0.269 e. The van der Waals surface area contributed by atoms with Crippen molar-refractivity contribution in [3.05, 3.63) is 51.9 Å². The van der Waals surface area contributed by atoms with Crippen LogP contribution in [0.4, 0.5) is 20.4 Å². The summed E-state index contributed by atoms with van der Waals surface area (Å²) < 4.78 is 55.7. The van der Waals surface area contributed by atoms with Gasteiger partial charge in [-0.05, 0) is 108 Å². The quantitative estimate of drug-likeness (QED) is 0.339. The SMILES string of the molecule is Cc1cc(S(=O)(=O)C2CC3(CCN(C(C)C)CC3)C2)ccc1Nc1ncc2cc(C(F)F)c(=O)n(C3CCCC3)c2n1. The Bertz CT molecular complexity index is 1650. The molecular weight excluding hydrogens is 560 g/mol. The monoisotopic (exact) mass is 599 g/mol. The van der Waals surface area contributed by atoms with Crippen molar-refractivity contribution >= 4 is 32.5 Å². The maximum Gasteiger partial charge on any atom is 0.269 e. The summed E-state index contributed by atoms with van der Waals surface area (Å²) in [6, 6.07) is 6.56. The van der Waals surface area contributed by atoms with E-state index in [0.29, 0.717) is 27.7 Å². The molecule has 1 spiro atoms. The van der Waals surface area contributed by atoms with Crippen molar-refractivity contribution in [3.8, 4) is 0 Å². The Hall–Kier alpha value is -2.92. The number of rotatable bonds is 7. The summed E-state index contributed by atoms with van der Waals surface area (Å²) in [7, 11) is -3.45. The number of likely N-dealkylation sites (tertiary alicyclic amines) is 1. The molecule has 3 fully saturated rings. The first kappa shape index (κ1) is 29.2. The number of piperidine rings is 1. The van der Waals surface area contributed by atoms with E-state index in [4.69, 9.17) is 0 Å². The highest BCUT2D eigenvalue weighted by molar-refractivity contribution is 7.92. The molecule has 11 heteroatoms. The lowest BCUT2D eigenvalue weighted by Gasteiger charge is -2.52. The molecule has 0 unspecified atom stereocenters. The standard InChI is InChI=1S/C31H39F2N5O3S/c1-19(2)37-12-10-31(11-13-37)16-24(17-31)42(40,41)23-8-9-26(20(3)14-23)35-30-34-18-21-15-25(27(32)33)29(39)38(28(21)36-30)22-6-4-5-7-22/h8-9,14-15,18-19,22,24,27H,4-7,10-13,16-17H2,1-3H3,(H,34,35,36). The van der Waals surface area contributed by atoms with Crippen molar-refractivity contribution in [1.29, 1.82) is 0 Å². The lowest BCUT2D eigenvalue weighted by atomic mass is 9.63. The molecule has 0 amide bonds. The average molecular weight is 600 g/mol. The normalized spacial score (nSPS) is 20.2. The van der Waals surface area contributed by atoms with Crippen LogP contribution >= 0.6 is 0 Å². The number of anilines is 2. The van der Waals surface area contributed by atoms with Crippen LogP contribution in [0.2, 0.25) is 0 Å². The summed E-state index contributed by atoms with van der Waals surface area (Å²) in [6.07, 6.45) is 5.47. The number of fused-ring (bicyclic) bond motifs is 1. The number of alkyl halides is 2. The van der Waals surface area contributed by atoms with Crippen LogP contribution in [0.25, 0.3) is 11.0 Å². The van der Waals surface area contributed by atoms with Crippen LogP contribution in [0.1, 0.15) is 88.8 Å². The molecule has 0 radical (unpaired) electrons. The second-order valence-corrected chi connectivity index (χ2v) is 15.0. The van der Waals surface area contributed by atoms with E-state index in [1.165, 1.54) is 16.8 Å². The van der Waals surface area contributed by atoms with Gasteiger partial charge in [0.1, 0.15) is 5.65 Å². The second-order valence-electron chi connectivity index (χ2n) is 12.8. The molecule has 3 aliphatic rings. The number of hydrogen-bond acceptors (Lipinski definition) is 7. The van der Waals surface area contributed by atoms with Crippen LogP contribution in [-0.2, 0) is 9.84 Å². The minimum Gasteiger partial charge on any atom is -0.324 e. The number of hydrogen-bond donors (Lipinski definition) is 1. The van der Waals surface area contributed by atoms with E-state index >= 15 is 0 Å². The van der Waals surface area contributed by atoms with Crippen molar-refractivity contribution < 1.29 is 17.2 Å². The maximum absolute atomic E-state index is 13.6. The van der Waals surface area contributed by atoms with E-state index in [0.717, 1.165) is 70.0 Å². The molecule has 2 aliphatic carbocycles. The molecule has 1 N–H and O–H groups in total. The molecule has 2 saturated carbocycles. The molecule has 226 valence electrons. The number of aromatic nitrogens is 3. The minimum absolute atomic E-state index is 0.155. The van der Waals surface area contributed by atoms with E-state index < -0.39 is 27.4 Å². The first-order valence-corrected chi connectivity index (χ1v) is 16.6. The predicted molar refractivity (Wildman–Crippen MR) is 159 cm³/mol. The van der Waals surface area contributed by atoms with E-state index in [1.54, 1.807) is 18.2 Å². The Morgan fingerprint density at radius 1 is 1.07 bits per heavy atom. The number of sulfone groups is 1. The third-order valence-electron chi connectivity index (χ3n) is 9.85. The first-order valence-electron chi connectivity index (χ1n) is 15.0. The Morgan fingerprint density at radius 3 is 2.38 bits per heavy atom. The topological polar surface area (TPSA) is 97.2 Å². The molecule has 2 aromatic heterocycles. The van der Waals surface area contributed by atoms with Gasteiger partial charge in [-0.25, -0.2) is 22.2 Å². The highest BCUT2D eigenvalue weighted by Gasteiger charge is 2.51. The van der Waals surface area contributed by atoms with Crippen LogP contribution in [-0.4, -0.2) is 52.2 Å². The highest BCUT2D eigenvalue weighted by Crippen LogP contribution is 2.53. The summed E-state index contributed by atoms with van der Waals surface area (Å²) in [4.78, 5) is 24.7. The van der Waals surface area contributed by atoms with Gasteiger partial charge in [-0.1, -0.05) is 12.8 Å². The predicted octanol–water partition coefficient (Wildman–Crippen LogP) is 6.32. The Kier molecular flexibility index (Phi) is 7.62. The van der Waals surface area contributed by atoms with Crippen LogP contribution < -0.4 is 10.9 Å². The van der Waals surface area contributed by atoms with Gasteiger partial charge < -0.3 is 10.2 Å². The zero-order valence-corrected chi connectivity index (χ0v) is 25.3. The molecule has 1 saturated heterocycles. The Morgan fingerprint density at radius 2 is 1.76 bits per heavy atom. The van der Waals surface area contributed by atoms with Gasteiger partial charge in [0.25, 0.3) is 12.0 Å². The van der Waals surface area contributed by atoms with Gasteiger partial charge in [-0.15, -0.1) is 0 Å². The molecule has 0 bridgehead atoms. The third kappa shape index (κ3) is 5.23. The number of halogens is 2. The molecule has 6 rings (SSSR count). The van der Waals surface area contributed by atoms with Crippen LogP contribution in [0.3, 0.4) is 0 Å². The van der Waals surface area contributed by atoms with Crippen LogP contribution in [0, 0.1) is 12.3 Å². The van der Waals surface area contributed by atoms with Gasteiger partial charge in [0.2, 0.25) is 5.95 Å². The zero-order chi connectivity index (χ0) is 29.8. The zero-order valence-electron chi connectivity index (χ0n) is 24.4. The number of pyridine rings is 1. The summed E-state index contributed by atoms with van der Waals surface area (Å²) in [6.45, 7) is 8.31. The number of nitrogens with one attached hydrogen (secondary N) is 1. The van der Waals surface area contributed by atoms with E-state index in [2.05, 4.69) is 34.0 Å². The molecule has 3 aromatic rings. The van der Waals surface area contributed by atoms with Crippen LogP contribution in [0.15, 0.2) is 40.2 Å². The molecule has 0 atom stereocenters. The minimum atomic E-state index is -3.45. The maximum atomic E-state index is 13.6. The molecule has 42 heavy (non-hydrogen) atoms. The number of aryl methyl sites for hydroxylation is 1. The average Bonchev–Trinajstić information content (AvgIpc) is 3.46. The summed E-state index contributed by atoms with van der Waals surface area (Å²) in [5.41, 5.74) is 0.595. The fraction of sp³-hybridized carbons (Fsp3) is 0.581. The molecule has 1 aromatic carbocycles. The van der Waals surface area contributed by atoms with Crippen molar-refractivity contribution in [2.75, 3.05) is 18.4 Å².